The van der Waals surface area contributed by atoms with Crippen LogP contribution in [0.2, 0.25) is 0 Å². The Morgan fingerprint density at radius 2 is 1.68 bits per heavy atom. The highest BCUT2D eigenvalue weighted by molar-refractivity contribution is 6.23. The number of pyridine rings is 1. The van der Waals surface area contributed by atoms with Crippen molar-refractivity contribution in [1.82, 2.24) is 20.1 Å². The van der Waals surface area contributed by atoms with Crippen molar-refractivity contribution in [1.29, 1.82) is 0 Å². The van der Waals surface area contributed by atoms with Gasteiger partial charge in [-0.15, -0.1) is 0 Å². The van der Waals surface area contributed by atoms with Crippen LogP contribution in [-0.4, -0.2) is 75.2 Å². The molecule has 3 aliphatic heterocycles. The van der Waals surface area contributed by atoms with E-state index in [2.05, 4.69) is 15.2 Å². The zero-order chi connectivity index (χ0) is 28.2. The van der Waals surface area contributed by atoms with Crippen molar-refractivity contribution in [3.8, 4) is 0 Å². The average molecular weight is 547 g/mol. The number of unbranched alkanes of at least 4 members (excludes halogenated alkanes) is 3. The van der Waals surface area contributed by atoms with E-state index < -0.39 is 29.7 Å². The SMILES string of the molecule is O=C1CCC(N2C(=O)c3ccc(C4CCN(CCCCCCc5ccc(C(=O)O)cn5)CC4)cc3C2=O)C(=O)N1. The molecule has 1 aromatic carbocycles. The van der Waals surface area contributed by atoms with Gasteiger partial charge in [0, 0.05) is 18.3 Å². The van der Waals surface area contributed by atoms with Gasteiger partial charge in [-0.25, -0.2) is 4.79 Å². The van der Waals surface area contributed by atoms with Crippen LogP contribution >= 0.6 is 0 Å². The van der Waals surface area contributed by atoms with E-state index in [4.69, 9.17) is 5.11 Å². The average Bonchev–Trinajstić information content (AvgIpc) is 3.20. The van der Waals surface area contributed by atoms with Gasteiger partial charge in [-0.2, -0.15) is 0 Å². The van der Waals surface area contributed by atoms with Gasteiger partial charge >= 0.3 is 5.97 Å². The standard InChI is InChI=1S/C30H34N4O6/c35-26-11-10-25(27(36)32-26)34-28(37)23-9-7-20(17-24(23)29(34)38)19-12-15-33(16-13-19)14-4-2-1-3-5-22-8-6-21(18-31-22)30(39)40/h6-9,17-19,25H,1-5,10-16H2,(H,39,40)(H,32,35,36). The highest BCUT2D eigenvalue weighted by Gasteiger charge is 2.44. The van der Waals surface area contributed by atoms with E-state index in [1.807, 2.05) is 12.1 Å². The van der Waals surface area contributed by atoms with E-state index in [1.54, 1.807) is 18.2 Å². The zero-order valence-corrected chi connectivity index (χ0v) is 22.4. The smallest absolute Gasteiger partial charge is 0.337 e. The quantitative estimate of drug-likeness (QED) is 0.343. The molecule has 0 radical (unpaired) electrons. The second-order valence-electron chi connectivity index (χ2n) is 10.9. The predicted octanol–water partition coefficient (Wildman–Crippen LogP) is 3.16. The van der Waals surface area contributed by atoms with Crippen LogP contribution in [0.5, 0.6) is 0 Å². The number of hydrogen-bond donors (Lipinski definition) is 2. The molecule has 4 heterocycles. The molecular formula is C30H34N4O6. The van der Waals surface area contributed by atoms with Gasteiger partial charge in [-0.3, -0.25) is 34.4 Å². The number of carboxylic acids is 1. The number of hydrogen-bond acceptors (Lipinski definition) is 7. The number of aryl methyl sites for hydroxylation is 1. The first-order valence-electron chi connectivity index (χ1n) is 14.1. The summed E-state index contributed by atoms with van der Waals surface area (Å²) in [5, 5.41) is 11.2. The van der Waals surface area contributed by atoms with Gasteiger partial charge in [-0.1, -0.05) is 18.9 Å². The lowest BCUT2D eigenvalue weighted by Crippen LogP contribution is -2.54. The number of fused-ring (bicyclic) bond motifs is 1. The number of nitrogens with zero attached hydrogens (tertiary/aromatic N) is 3. The maximum Gasteiger partial charge on any atom is 0.337 e. The number of imide groups is 2. The van der Waals surface area contributed by atoms with Gasteiger partial charge in [-0.05, 0) is 93.9 Å². The number of carboxylic acid groups (broad SMARTS) is 1. The van der Waals surface area contributed by atoms with Gasteiger partial charge in [0.2, 0.25) is 11.8 Å². The van der Waals surface area contributed by atoms with Crippen molar-refractivity contribution < 1.29 is 29.1 Å². The molecule has 210 valence electrons. The fraction of sp³-hybridized carbons (Fsp3) is 0.467. The summed E-state index contributed by atoms with van der Waals surface area (Å²) in [4.78, 5) is 68.5. The minimum absolute atomic E-state index is 0.107. The Kier molecular flexibility index (Phi) is 8.35. The predicted molar refractivity (Wildman–Crippen MR) is 145 cm³/mol. The lowest BCUT2D eigenvalue weighted by molar-refractivity contribution is -0.136. The van der Waals surface area contributed by atoms with Crippen LogP contribution in [0.3, 0.4) is 0 Å². The van der Waals surface area contributed by atoms with Gasteiger partial charge in [0.05, 0.1) is 16.7 Å². The molecule has 1 aromatic heterocycles. The van der Waals surface area contributed by atoms with Gasteiger partial charge < -0.3 is 10.0 Å². The van der Waals surface area contributed by atoms with Crippen LogP contribution in [0, 0.1) is 0 Å². The van der Waals surface area contributed by atoms with E-state index in [0.29, 0.717) is 17.0 Å². The van der Waals surface area contributed by atoms with Crippen LogP contribution in [0.25, 0.3) is 0 Å². The van der Waals surface area contributed by atoms with E-state index in [9.17, 15) is 24.0 Å². The lowest BCUT2D eigenvalue weighted by Gasteiger charge is -2.32. The summed E-state index contributed by atoms with van der Waals surface area (Å²) in [7, 11) is 0. The molecule has 0 bridgehead atoms. The van der Waals surface area contributed by atoms with Crippen molar-refractivity contribution in [2.75, 3.05) is 19.6 Å². The fourth-order valence-corrected chi connectivity index (χ4v) is 5.93. The minimum Gasteiger partial charge on any atom is -0.478 e. The first kappa shape index (κ1) is 27.6. The van der Waals surface area contributed by atoms with Crippen LogP contribution < -0.4 is 5.32 Å². The molecule has 2 N–H and O–H groups in total. The van der Waals surface area contributed by atoms with E-state index in [0.717, 1.165) is 80.7 Å². The van der Waals surface area contributed by atoms with Crippen LogP contribution in [0.4, 0.5) is 0 Å². The topological polar surface area (TPSA) is 137 Å². The third-order valence-electron chi connectivity index (χ3n) is 8.25. The summed E-state index contributed by atoms with van der Waals surface area (Å²) in [6.45, 7) is 3.02. The zero-order valence-electron chi connectivity index (χ0n) is 22.4. The van der Waals surface area contributed by atoms with Crippen LogP contribution in [-0.2, 0) is 16.0 Å². The Bertz CT molecular complexity index is 1320. The third-order valence-corrected chi connectivity index (χ3v) is 8.25. The number of aromatic nitrogens is 1. The van der Waals surface area contributed by atoms with Gasteiger partial charge in [0.15, 0.2) is 0 Å². The second kappa shape index (κ2) is 12.1. The highest BCUT2D eigenvalue weighted by atomic mass is 16.4. The van der Waals surface area contributed by atoms with E-state index >= 15 is 0 Å². The maximum atomic E-state index is 13.1. The van der Waals surface area contributed by atoms with E-state index in [-0.39, 0.29) is 24.3 Å². The van der Waals surface area contributed by atoms with Crippen molar-refractivity contribution in [2.24, 2.45) is 0 Å². The number of benzene rings is 1. The number of carbonyl (C=O) groups is 5. The fourth-order valence-electron chi connectivity index (χ4n) is 5.93. The Balaban J connectivity index is 1.05. The molecule has 4 amide bonds. The monoisotopic (exact) mass is 546 g/mol. The number of likely N-dealkylation sites (tertiary alicyclic amines) is 1. The molecule has 40 heavy (non-hydrogen) atoms. The molecule has 1 unspecified atom stereocenters. The first-order valence-corrected chi connectivity index (χ1v) is 14.1. The molecule has 10 nitrogen and oxygen atoms in total. The summed E-state index contributed by atoms with van der Waals surface area (Å²) < 4.78 is 0. The molecule has 1 atom stereocenters. The van der Waals surface area contributed by atoms with Gasteiger partial charge in [0.25, 0.3) is 11.8 Å². The number of aromatic carboxylic acids is 1. The molecule has 0 saturated carbocycles. The maximum absolute atomic E-state index is 13.1. The number of carbonyl (C=O) groups excluding carboxylic acids is 4. The minimum atomic E-state index is -0.958. The molecule has 0 spiro atoms. The second-order valence-corrected chi connectivity index (χ2v) is 10.9. The van der Waals surface area contributed by atoms with Crippen LogP contribution in [0.1, 0.15) is 99.6 Å². The van der Waals surface area contributed by atoms with Crippen molar-refractivity contribution in [3.63, 3.8) is 0 Å². The Hall–Kier alpha value is -3.92. The summed E-state index contributed by atoms with van der Waals surface area (Å²) >= 11 is 0. The first-order chi connectivity index (χ1) is 19.3. The molecule has 10 heteroatoms. The number of nitrogens with one attached hydrogen (secondary N) is 1. The molecule has 0 aliphatic carbocycles. The molecule has 5 rings (SSSR count). The van der Waals surface area contributed by atoms with Crippen LogP contribution in [0.15, 0.2) is 36.5 Å². The Labute approximate surface area is 232 Å². The molecule has 2 aromatic rings. The highest BCUT2D eigenvalue weighted by Crippen LogP contribution is 2.33. The Morgan fingerprint density at radius 1 is 0.925 bits per heavy atom. The van der Waals surface area contributed by atoms with Crippen molar-refractivity contribution in [2.45, 2.75) is 69.7 Å². The normalized spacial score (nSPS) is 20.1. The van der Waals surface area contributed by atoms with Crippen molar-refractivity contribution >= 4 is 29.6 Å². The number of piperidine rings is 2. The van der Waals surface area contributed by atoms with Crippen molar-refractivity contribution in [3.05, 3.63) is 64.5 Å². The van der Waals surface area contributed by atoms with E-state index in [1.165, 1.54) is 6.20 Å². The summed E-state index contributed by atoms with van der Waals surface area (Å²) in [6, 6.07) is 7.91. The largest absolute Gasteiger partial charge is 0.478 e. The summed E-state index contributed by atoms with van der Waals surface area (Å²) in [5.41, 5.74) is 2.86. The molecular weight excluding hydrogens is 512 g/mol. The third kappa shape index (κ3) is 5.96. The molecule has 2 saturated heterocycles. The summed E-state index contributed by atoms with van der Waals surface area (Å²) in [5.74, 6) is -2.55. The molecule has 3 aliphatic rings. The summed E-state index contributed by atoms with van der Waals surface area (Å²) in [6.07, 6.45) is 8.89. The number of rotatable bonds is 10. The van der Waals surface area contributed by atoms with Gasteiger partial charge in [0.1, 0.15) is 6.04 Å². The lowest BCUT2D eigenvalue weighted by atomic mass is 9.87. The number of amides is 4. The Morgan fingerprint density at radius 3 is 2.38 bits per heavy atom. The molecule has 2 fully saturated rings.